The number of carbonyl (C=O) groups is 4. The molecule has 1 atom stereocenters. The standard InChI is InChI=1S/C37H43ClN12O6/c1-39-31(52)21-56-29-16-23-15-24(3-5-28(23)47(2)36(29)55)43-32-26(38)19-42-37(46-32)50-13-11-48(12-14-50)20-22-7-9-49(10-8-22)25-17-40-33(41-18-25)35(54)44-27-4-6-30(51)45-34(27)53/h3,5,15-19,22,27H,4,6-14,20-21H2,1-2H3,(H,39,52)(H,44,54)(H,42,43,46)(H,45,51,53). The van der Waals surface area contributed by atoms with Crippen molar-refractivity contribution in [2.24, 2.45) is 13.0 Å². The Kier molecular flexibility index (Phi) is 11.6. The number of nitrogens with one attached hydrogen (secondary N) is 4. The van der Waals surface area contributed by atoms with Crippen LogP contribution in [0.15, 0.2) is 47.7 Å². The summed E-state index contributed by atoms with van der Waals surface area (Å²) in [6, 6.07) is 6.36. The number of anilines is 4. The Balaban J connectivity index is 0.888. The van der Waals surface area contributed by atoms with E-state index in [4.69, 9.17) is 21.3 Å². The number of aromatic nitrogens is 5. The summed E-state index contributed by atoms with van der Waals surface area (Å²) in [7, 11) is 3.15. The average molecular weight is 787 g/mol. The first kappa shape index (κ1) is 38.4. The van der Waals surface area contributed by atoms with Crippen LogP contribution in [-0.4, -0.2) is 119 Å². The van der Waals surface area contributed by atoms with Crippen LogP contribution >= 0.6 is 11.6 Å². The Morgan fingerprint density at radius 1 is 0.946 bits per heavy atom. The first-order valence-electron chi connectivity index (χ1n) is 18.5. The first-order chi connectivity index (χ1) is 27.0. The summed E-state index contributed by atoms with van der Waals surface area (Å²) in [6.45, 7) is 5.72. The number of piperidine rings is 2. The molecule has 56 heavy (non-hydrogen) atoms. The molecule has 0 aliphatic carbocycles. The molecule has 19 heteroatoms. The minimum atomic E-state index is -0.782. The number of ether oxygens (including phenoxy) is 1. The first-order valence-corrected chi connectivity index (χ1v) is 18.9. The molecule has 18 nitrogen and oxygen atoms in total. The number of halogens is 1. The van der Waals surface area contributed by atoms with Crippen LogP contribution in [0.1, 0.15) is 36.3 Å². The van der Waals surface area contributed by atoms with Crippen molar-refractivity contribution in [1.82, 2.24) is 45.4 Å². The van der Waals surface area contributed by atoms with E-state index >= 15 is 0 Å². The third-order valence-electron chi connectivity index (χ3n) is 10.4. The highest BCUT2D eigenvalue weighted by molar-refractivity contribution is 6.33. The molecule has 3 aliphatic heterocycles. The van der Waals surface area contributed by atoms with Crippen LogP contribution in [0.4, 0.5) is 23.1 Å². The molecule has 3 aliphatic rings. The van der Waals surface area contributed by atoms with Gasteiger partial charge in [-0.05, 0) is 49.4 Å². The van der Waals surface area contributed by atoms with Crippen molar-refractivity contribution < 1.29 is 23.9 Å². The lowest BCUT2D eigenvalue weighted by atomic mass is 9.95. The number of pyridine rings is 1. The number of benzene rings is 1. The Bertz CT molecular complexity index is 2190. The number of aryl methyl sites for hydroxylation is 1. The van der Waals surface area contributed by atoms with Crippen molar-refractivity contribution in [2.45, 2.75) is 31.7 Å². The number of imide groups is 1. The molecule has 3 aromatic heterocycles. The minimum Gasteiger partial charge on any atom is -0.478 e. The summed E-state index contributed by atoms with van der Waals surface area (Å²) in [5.41, 5.74) is 1.90. The van der Waals surface area contributed by atoms with Gasteiger partial charge < -0.3 is 35.1 Å². The Labute approximate surface area is 327 Å². The van der Waals surface area contributed by atoms with Gasteiger partial charge in [0.25, 0.3) is 17.4 Å². The highest BCUT2D eigenvalue weighted by atomic mass is 35.5. The van der Waals surface area contributed by atoms with Gasteiger partial charge in [-0.15, -0.1) is 0 Å². The molecule has 0 radical (unpaired) electrons. The Hall–Kier alpha value is -5.88. The van der Waals surface area contributed by atoms with Crippen molar-refractivity contribution in [3.8, 4) is 5.75 Å². The monoisotopic (exact) mass is 786 g/mol. The molecule has 1 unspecified atom stereocenters. The van der Waals surface area contributed by atoms with E-state index in [9.17, 15) is 24.0 Å². The fourth-order valence-corrected chi connectivity index (χ4v) is 7.25. The fourth-order valence-electron chi connectivity index (χ4n) is 7.11. The van der Waals surface area contributed by atoms with Gasteiger partial charge in [-0.1, -0.05) is 11.6 Å². The van der Waals surface area contributed by atoms with Crippen LogP contribution in [0.5, 0.6) is 5.75 Å². The molecule has 1 aromatic carbocycles. The van der Waals surface area contributed by atoms with E-state index in [1.807, 2.05) is 18.2 Å². The van der Waals surface area contributed by atoms with Gasteiger partial charge in [0, 0.05) is 77.4 Å². The van der Waals surface area contributed by atoms with Crippen molar-refractivity contribution in [1.29, 1.82) is 0 Å². The number of hydrogen-bond acceptors (Lipinski definition) is 14. The molecule has 3 fully saturated rings. The number of likely N-dealkylation sites (N-methyl/N-ethyl adjacent to an activating group) is 1. The van der Waals surface area contributed by atoms with Crippen molar-refractivity contribution in [2.75, 3.05) is 74.6 Å². The molecule has 0 bridgehead atoms. The molecule has 7 rings (SSSR count). The zero-order valence-electron chi connectivity index (χ0n) is 31.1. The second-order valence-corrected chi connectivity index (χ2v) is 14.5. The number of fused-ring (bicyclic) bond motifs is 1. The van der Waals surface area contributed by atoms with E-state index in [-0.39, 0.29) is 48.4 Å². The third-order valence-corrected chi connectivity index (χ3v) is 10.6. The molecule has 4 amide bonds. The van der Waals surface area contributed by atoms with Crippen LogP contribution in [0.3, 0.4) is 0 Å². The van der Waals surface area contributed by atoms with Crippen LogP contribution in [-0.2, 0) is 21.4 Å². The predicted molar refractivity (Wildman–Crippen MR) is 208 cm³/mol. The Morgan fingerprint density at radius 3 is 2.41 bits per heavy atom. The summed E-state index contributed by atoms with van der Waals surface area (Å²) < 4.78 is 6.97. The molecule has 0 spiro atoms. The number of carbonyl (C=O) groups excluding carboxylic acids is 4. The van der Waals surface area contributed by atoms with Crippen molar-refractivity contribution >= 4 is 69.3 Å². The molecular weight excluding hydrogens is 744 g/mol. The van der Waals surface area contributed by atoms with Gasteiger partial charge in [-0.25, -0.2) is 15.0 Å². The van der Waals surface area contributed by atoms with Gasteiger partial charge >= 0.3 is 0 Å². The van der Waals surface area contributed by atoms with Gasteiger partial charge in [-0.2, -0.15) is 4.98 Å². The lowest BCUT2D eigenvalue weighted by Gasteiger charge is -2.39. The highest BCUT2D eigenvalue weighted by Crippen LogP contribution is 2.29. The largest absolute Gasteiger partial charge is 0.478 e. The lowest BCUT2D eigenvalue weighted by Crippen LogP contribution is -2.52. The van der Waals surface area contributed by atoms with Crippen LogP contribution < -0.4 is 41.4 Å². The summed E-state index contributed by atoms with van der Waals surface area (Å²) in [6.07, 6.45) is 7.33. The molecule has 6 heterocycles. The smallest absolute Gasteiger partial charge is 0.293 e. The van der Waals surface area contributed by atoms with Crippen molar-refractivity contribution in [3.63, 3.8) is 0 Å². The van der Waals surface area contributed by atoms with E-state index < -0.39 is 17.9 Å². The van der Waals surface area contributed by atoms with E-state index in [1.54, 1.807) is 31.7 Å². The number of piperazine rings is 1. The van der Waals surface area contributed by atoms with Gasteiger partial charge in [0.1, 0.15) is 11.1 Å². The van der Waals surface area contributed by atoms with E-state index in [2.05, 4.69) is 50.9 Å². The zero-order chi connectivity index (χ0) is 39.3. The van der Waals surface area contributed by atoms with Crippen molar-refractivity contribution in [3.05, 3.63) is 64.1 Å². The minimum absolute atomic E-state index is 0.0224. The normalized spacial score (nSPS) is 18.1. The molecule has 0 saturated carbocycles. The average Bonchev–Trinajstić information content (AvgIpc) is 3.21. The van der Waals surface area contributed by atoms with E-state index in [1.165, 1.54) is 11.6 Å². The number of hydrogen-bond donors (Lipinski definition) is 4. The molecule has 294 valence electrons. The van der Waals surface area contributed by atoms with Crippen LogP contribution in [0.25, 0.3) is 10.9 Å². The maximum Gasteiger partial charge on any atom is 0.293 e. The van der Waals surface area contributed by atoms with E-state index in [0.717, 1.165) is 69.7 Å². The Morgan fingerprint density at radius 2 is 1.70 bits per heavy atom. The summed E-state index contributed by atoms with van der Waals surface area (Å²) in [4.78, 5) is 85.1. The second-order valence-electron chi connectivity index (χ2n) is 14.1. The number of rotatable bonds is 11. The molecular formula is C37H43ClN12O6. The topological polar surface area (TPSA) is 209 Å². The quantitative estimate of drug-likeness (QED) is 0.158. The summed E-state index contributed by atoms with van der Waals surface area (Å²) in [5, 5.41) is 11.7. The van der Waals surface area contributed by atoms with Crippen LogP contribution in [0, 0.1) is 5.92 Å². The SMILES string of the molecule is CNC(=O)COc1cc2cc(Nc3nc(N4CCN(CC5CCN(c6cnc(C(=O)NC7CCC(=O)NC7=O)nc6)CC5)CC4)ncc3Cl)ccc2n(C)c1=O. The lowest BCUT2D eigenvalue weighted by molar-refractivity contribution is -0.134. The summed E-state index contributed by atoms with van der Waals surface area (Å²) in [5.74, 6) is -0.117. The third kappa shape index (κ3) is 8.81. The van der Waals surface area contributed by atoms with Crippen LogP contribution in [0.2, 0.25) is 5.02 Å². The van der Waals surface area contributed by atoms with E-state index in [0.29, 0.717) is 33.9 Å². The van der Waals surface area contributed by atoms with Gasteiger partial charge in [0.2, 0.25) is 23.6 Å². The van der Waals surface area contributed by atoms with Gasteiger partial charge in [-0.3, -0.25) is 34.2 Å². The second kappa shape index (κ2) is 16.9. The van der Waals surface area contributed by atoms with Gasteiger partial charge in [0.15, 0.2) is 18.2 Å². The highest BCUT2D eigenvalue weighted by Gasteiger charge is 2.29. The predicted octanol–water partition coefficient (Wildman–Crippen LogP) is 1.21. The number of nitrogens with zero attached hydrogens (tertiary/aromatic N) is 8. The van der Waals surface area contributed by atoms with Gasteiger partial charge in [0.05, 0.1) is 29.8 Å². The number of amides is 4. The fraction of sp³-hybridized carbons (Fsp3) is 0.432. The maximum absolute atomic E-state index is 12.8. The molecule has 3 saturated heterocycles. The zero-order valence-corrected chi connectivity index (χ0v) is 31.8. The molecule has 4 aromatic rings. The molecule has 4 N–H and O–H groups in total. The maximum atomic E-state index is 12.8. The summed E-state index contributed by atoms with van der Waals surface area (Å²) >= 11 is 6.54.